The molecule has 0 unspecified atom stereocenters. The fourth-order valence-corrected chi connectivity index (χ4v) is 6.19. The molecule has 6 rings (SSSR count). The molecule has 14 nitrogen and oxygen atoms in total. The van der Waals surface area contributed by atoms with Crippen molar-refractivity contribution in [2.24, 2.45) is 0 Å². The normalized spacial score (nSPS) is 15.9. The van der Waals surface area contributed by atoms with Crippen LogP contribution >= 0.6 is 0 Å². The molecule has 262 valence electrons. The van der Waals surface area contributed by atoms with Crippen molar-refractivity contribution in [3.8, 4) is 0 Å². The number of amides is 3. The summed E-state index contributed by atoms with van der Waals surface area (Å²) in [5.41, 5.74) is 1.74. The van der Waals surface area contributed by atoms with Crippen LogP contribution in [0.25, 0.3) is 0 Å². The van der Waals surface area contributed by atoms with Gasteiger partial charge in [-0.2, -0.15) is 23.3 Å². The predicted molar refractivity (Wildman–Crippen MR) is 179 cm³/mol. The molecule has 4 heterocycles. The first-order valence-corrected chi connectivity index (χ1v) is 17.5. The third kappa shape index (κ3) is 8.43. The van der Waals surface area contributed by atoms with Gasteiger partial charge in [0.25, 0.3) is 0 Å². The number of anilines is 5. The summed E-state index contributed by atoms with van der Waals surface area (Å²) < 4.78 is 65.0. The number of alkyl halides is 3. The highest BCUT2D eigenvalue weighted by Crippen LogP contribution is 2.34. The highest BCUT2D eigenvalue weighted by Gasteiger charge is 2.35. The minimum atomic E-state index is -4.71. The monoisotopic (exact) mass is 710 g/mol. The van der Waals surface area contributed by atoms with Gasteiger partial charge in [-0.15, -0.1) is 5.10 Å². The molecular formula is C32H33F3N10O4S. The van der Waals surface area contributed by atoms with Gasteiger partial charge in [-0.25, -0.2) is 18.2 Å². The van der Waals surface area contributed by atoms with Gasteiger partial charge in [0.15, 0.2) is 15.7 Å². The van der Waals surface area contributed by atoms with Gasteiger partial charge in [0.05, 0.1) is 10.6 Å². The number of aromatic nitrogens is 4. The number of rotatable bonds is 10. The molecule has 2 aromatic heterocycles. The molecule has 3 amide bonds. The van der Waals surface area contributed by atoms with Gasteiger partial charge in [0, 0.05) is 76.1 Å². The van der Waals surface area contributed by atoms with E-state index >= 15 is 0 Å². The van der Waals surface area contributed by atoms with Crippen molar-refractivity contribution >= 4 is 50.7 Å². The average Bonchev–Trinajstić information content (AvgIpc) is 3.08. The lowest BCUT2D eigenvalue weighted by Gasteiger charge is -2.36. The summed E-state index contributed by atoms with van der Waals surface area (Å²) >= 11 is 0. The molecule has 4 aromatic rings. The lowest BCUT2D eigenvalue weighted by Crippen LogP contribution is -2.50. The third-order valence-electron chi connectivity index (χ3n) is 8.16. The maximum Gasteiger partial charge on any atom is 0.421 e. The molecule has 0 saturated carbocycles. The third-order valence-corrected chi connectivity index (χ3v) is 9.27. The van der Waals surface area contributed by atoms with E-state index in [2.05, 4.69) is 45.9 Å². The van der Waals surface area contributed by atoms with Gasteiger partial charge in [-0.05, 0) is 54.1 Å². The zero-order valence-corrected chi connectivity index (χ0v) is 27.6. The van der Waals surface area contributed by atoms with Gasteiger partial charge in [-0.3, -0.25) is 19.9 Å². The molecule has 0 radical (unpaired) electrons. The van der Waals surface area contributed by atoms with E-state index in [9.17, 15) is 31.2 Å². The largest absolute Gasteiger partial charge is 0.421 e. The van der Waals surface area contributed by atoms with Crippen LogP contribution in [-0.4, -0.2) is 84.4 Å². The molecule has 3 N–H and O–H groups in total. The fourth-order valence-electron chi connectivity index (χ4n) is 5.50. The molecule has 2 saturated heterocycles. The number of carbonyl (C=O) groups is 2. The zero-order valence-electron chi connectivity index (χ0n) is 26.8. The summed E-state index contributed by atoms with van der Waals surface area (Å²) in [6, 6.07) is 16.4. The first kappa shape index (κ1) is 34.5. The van der Waals surface area contributed by atoms with Crippen LogP contribution in [0.3, 0.4) is 0 Å². The Balaban J connectivity index is 1.03. The van der Waals surface area contributed by atoms with E-state index in [0.29, 0.717) is 29.8 Å². The maximum atomic E-state index is 13.8. The first-order valence-electron chi connectivity index (χ1n) is 15.6. The molecule has 2 aromatic carbocycles. The van der Waals surface area contributed by atoms with Crippen molar-refractivity contribution in [2.45, 2.75) is 30.6 Å². The lowest BCUT2D eigenvalue weighted by atomic mass is 10.2. The predicted octanol–water partition coefficient (Wildman–Crippen LogP) is 3.81. The average molecular weight is 711 g/mol. The second-order valence-electron chi connectivity index (χ2n) is 11.8. The summed E-state index contributed by atoms with van der Waals surface area (Å²) in [4.78, 5) is 37.3. The van der Waals surface area contributed by atoms with E-state index in [1.165, 1.54) is 23.1 Å². The number of piperazine rings is 1. The molecule has 2 aliphatic rings. The van der Waals surface area contributed by atoms with Crippen molar-refractivity contribution in [2.75, 3.05) is 59.4 Å². The van der Waals surface area contributed by atoms with Crippen LogP contribution < -0.4 is 25.8 Å². The maximum absolute atomic E-state index is 13.8. The number of hydrogen-bond acceptors (Lipinski definition) is 12. The van der Waals surface area contributed by atoms with Gasteiger partial charge in [-0.1, -0.05) is 12.1 Å². The molecule has 0 atom stereocenters. The molecule has 50 heavy (non-hydrogen) atoms. The van der Waals surface area contributed by atoms with Crippen LogP contribution in [0.1, 0.15) is 23.2 Å². The zero-order chi connectivity index (χ0) is 35.5. The molecule has 0 spiro atoms. The van der Waals surface area contributed by atoms with Crippen molar-refractivity contribution < 1.29 is 31.2 Å². The molecule has 0 bridgehead atoms. The van der Waals surface area contributed by atoms with E-state index in [4.69, 9.17) is 0 Å². The number of hydrogen-bond donors (Lipinski definition) is 3. The van der Waals surface area contributed by atoms with Gasteiger partial charge in [0.1, 0.15) is 11.4 Å². The Bertz CT molecular complexity index is 1970. The Kier molecular flexibility index (Phi) is 9.83. The summed E-state index contributed by atoms with van der Waals surface area (Å²) in [6.45, 7) is 3.81. The van der Waals surface area contributed by atoms with E-state index in [1.807, 2.05) is 18.2 Å². The summed E-state index contributed by atoms with van der Waals surface area (Å²) in [7, 11) is -3.48. The smallest absolute Gasteiger partial charge is 0.369 e. The second-order valence-corrected chi connectivity index (χ2v) is 13.8. The van der Waals surface area contributed by atoms with Crippen LogP contribution in [-0.2, 0) is 33.9 Å². The Hall–Kier alpha value is -5.36. The standard InChI is InChI=1S/C32H33F3N10O4S/c1-50(48,49)25-4-2-3-21(17-25)18-36-29-26(32(33,34)35)19-37-30(40-29)38-22-5-8-24(9-6-22)44-15-13-43(14-16-44)20-23-7-10-27(42-41-23)45-12-11-28(46)39-31(45)47/h2-10,17,19H,11-16,18,20H2,1H3,(H,39,46,47)(H2,36,37,38,40). The van der Waals surface area contributed by atoms with Gasteiger partial charge < -0.3 is 15.5 Å². The van der Waals surface area contributed by atoms with Crippen molar-refractivity contribution in [3.63, 3.8) is 0 Å². The summed E-state index contributed by atoms with van der Waals surface area (Å²) in [6.07, 6.45) is -2.74. The number of imide groups is 1. The van der Waals surface area contributed by atoms with Crippen LogP contribution in [0.2, 0.25) is 0 Å². The van der Waals surface area contributed by atoms with Crippen molar-refractivity contribution in [1.29, 1.82) is 0 Å². The number of carbonyl (C=O) groups excluding carboxylic acids is 2. The number of sulfone groups is 1. The number of nitrogens with zero attached hydrogens (tertiary/aromatic N) is 7. The van der Waals surface area contributed by atoms with E-state index < -0.39 is 33.4 Å². The fraction of sp³-hybridized carbons (Fsp3) is 0.312. The molecule has 2 aliphatic heterocycles. The molecule has 0 aliphatic carbocycles. The number of benzene rings is 2. The highest BCUT2D eigenvalue weighted by molar-refractivity contribution is 7.90. The van der Waals surface area contributed by atoms with E-state index in [-0.39, 0.29) is 36.3 Å². The Morgan fingerprint density at radius 3 is 2.36 bits per heavy atom. The van der Waals surface area contributed by atoms with Crippen LogP contribution in [0.4, 0.5) is 46.9 Å². The summed E-state index contributed by atoms with van der Waals surface area (Å²) in [5.74, 6) is -0.410. The Morgan fingerprint density at radius 1 is 0.940 bits per heavy atom. The van der Waals surface area contributed by atoms with Gasteiger partial charge >= 0.3 is 12.2 Å². The van der Waals surface area contributed by atoms with Crippen LogP contribution in [0, 0.1) is 0 Å². The van der Waals surface area contributed by atoms with Crippen molar-refractivity contribution in [3.05, 3.63) is 83.7 Å². The minimum absolute atomic E-state index is 0.0443. The molecule has 2 fully saturated rings. The topological polar surface area (TPSA) is 166 Å². The number of nitrogens with one attached hydrogen (secondary N) is 3. The van der Waals surface area contributed by atoms with E-state index in [0.717, 1.165) is 43.8 Å². The minimum Gasteiger partial charge on any atom is -0.369 e. The quantitative estimate of drug-likeness (QED) is 0.218. The number of halogens is 3. The van der Waals surface area contributed by atoms with Gasteiger partial charge in [0.2, 0.25) is 11.9 Å². The molecular weight excluding hydrogens is 677 g/mol. The highest BCUT2D eigenvalue weighted by atomic mass is 32.2. The SMILES string of the molecule is CS(=O)(=O)c1cccc(CNc2nc(Nc3ccc(N4CCN(Cc5ccc(N6CCC(=O)NC6=O)nn5)CC4)cc3)ncc2C(F)(F)F)c1. The first-order chi connectivity index (χ1) is 23.8. The summed E-state index contributed by atoms with van der Waals surface area (Å²) in [5, 5.41) is 16.4. The second kappa shape index (κ2) is 14.2. The Morgan fingerprint density at radius 2 is 1.70 bits per heavy atom. The van der Waals surface area contributed by atoms with E-state index in [1.54, 1.807) is 24.3 Å². The number of urea groups is 1. The Labute approximate surface area is 285 Å². The van der Waals surface area contributed by atoms with Crippen molar-refractivity contribution in [1.82, 2.24) is 30.4 Å². The lowest BCUT2D eigenvalue weighted by molar-refractivity contribution is -0.137. The van der Waals surface area contributed by atoms with Crippen LogP contribution in [0.15, 0.2) is 71.8 Å². The van der Waals surface area contributed by atoms with Crippen LogP contribution in [0.5, 0.6) is 0 Å². The molecule has 18 heteroatoms.